The topological polar surface area (TPSA) is 9.23 Å². The van der Waals surface area contributed by atoms with Crippen LogP contribution in [0.2, 0.25) is 0 Å². The highest BCUT2D eigenvalue weighted by atomic mass is 79.9. The Kier molecular flexibility index (Phi) is 5.63. The van der Waals surface area contributed by atoms with Crippen LogP contribution in [-0.2, 0) is 10.8 Å². The molecule has 2 rings (SSSR count). The Bertz CT molecular complexity index is 517. The van der Waals surface area contributed by atoms with E-state index >= 15 is 0 Å². The molecular weight excluding hydrogens is 336 g/mol. The van der Waals surface area contributed by atoms with Crippen molar-refractivity contribution in [3.63, 3.8) is 0 Å². The largest absolute Gasteiger partial charge is 0.493 e. The first-order chi connectivity index (χ1) is 10.3. The third-order valence-corrected chi connectivity index (χ3v) is 5.56. The number of fused-ring (bicyclic) bond motifs is 1. The Labute approximate surface area is 145 Å². The van der Waals surface area contributed by atoms with Crippen molar-refractivity contribution in [3.05, 3.63) is 27.7 Å². The number of hydrogen-bond acceptors (Lipinski definition) is 1. The second-order valence-corrected chi connectivity index (χ2v) is 8.92. The molecule has 2 heteroatoms. The molecule has 0 spiro atoms. The van der Waals surface area contributed by atoms with Crippen LogP contribution in [0, 0.1) is 0 Å². The summed E-state index contributed by atoms with van der Waals surface area (Å²) in [6.45, 7) is 12.5. The number of hydrogen-bond donors (Lipinski definition) is 0. The lowest BCUT2D eigenvalue weighted by Gasteiger charge is -2.42. The molecule has 0 fully saturated rings. The van der Waals surface area contributed by atoms with Gasteiger partial charge in [-0.3, -0.25) is 0 Å². The van der Waals surface area contributed by atoms with E-state index in [9.17, 15) is 0 Å². The summed E-state index contributed by atoms with van der Waals surface area (Å²) in [5, 5.41) is 0. The van der Waals surface area contributed by atoms with Crippen LogP contribution in [0.5, 0.6) is 5.75 Å². The lowest BCUT2D eigenvalue weighted by atomic mass is 9.63. The maximum atomic E-state index is 6.23. The smallest absolute Gasteiger partial charge is 0.124 e. The van der Waals surface area contributed by atoms with Gasteiger partial charge in [-0.15, -0.1) is 0 Å². The summed E-state index contributed by atoms with van der Waals surface area (Å²) < 4.78 is 7.37. The van der Waals surface area contributed by atoms with Gasteiger partial charge >= 0.3 is 0 Å². The van der Waals surface area contributed by atoms with Crippen molar-refractivity contribution in [2.75, 3.05) is 6.61 Å². The normalized spacial score (nSPS) is 18.8. The minimum Gasteiger partial charge on any atom is -0.493 e. The van der Waals surface area contributed by atoms with Gasteiger partial charge in [0.25, 0.3) is 0 Å². The molecule has 0 amide bonds. The van der Waals surface area contributed by atoms with Crippen LogP contribution in [0.3, 0.4) is 0 Å². The predicted molar refractivity (Wildman–Crippen MR) is 99.1 cm³/mol. The molecule has 1 aromatic rings. The van der Waals surface area contributed by atoms with Crippen molar-refractivity contribution in [2.24, 2.45) is 0 Å². The van der Waals surface area contributed by atoms with E-state index in [1.807, 2.05) is 0 Å². The van der Waals surface area contributed by atoms with Crippen LogP contribution >= 0.6 is 15.9 Å². The summed E-state index contributed by atoms with van der Waals surface area (Å²) in [7, 11) is 0. The summed E-state index contributed by atoms with van der Waals surface area (Å²) >= 11 is 3.68. The first-order valence-electron chi connectivity index (χ1n) is 8.75. The van der Waals surface area contributed by atoms with E-state index in [-0.39, 0.29) is 10.8 Å². The van der Waals surface area contributed by atoms with E-state index in [1.165, 1.54) is 43.2 Å². The molecule has 1 aliphatic carbocycles. The molecule has 1 nitrogen and oxygen atoms in total. The monoisotopic (exact) mass is 366 g/mol. The van der Waals surface area contributed by atoms with Gasteiger partial charge in [-0.1, -0.05) is 69.8 Å². The number of ether oxygens (including phenoxy) is 1. The minimum atomic E-state index is 0.199. The number of rotatable bonds is 6. The molecule has 0 bridgehead atoms. The summed E-state index contributed by atoms with van der Waals surface area (Å²) in [5.74, 6) is 1.10. The molecule has 22 heavy (non-hydrogen) atoms. The standard InChI is InChI=1S/C20H31BrO/c1-6-7-8-9-12-22-17-14-15(21)13-16-18(17)20(4,5)11-10-19(16,2)3/h13-14H,6-12H2,1-5H3. The molecule has 1 aliphatic rings. The van der Waals surface area contributed by atoms with Gasteiger partial charge in [0.2, 0.25) is 0 Å². The third kappa shape index (κ3) is 3.88. The van der Waals surface area contributed by atoms with Crippen LogP contribution < -0.4 is 4.74 Å². The molecule has 1 aromatic carbocycles. The lowest BCUT2D eigenvalue weighted by molar-refractivity contribution is 0.275. The van der Waals surface area contributed by atoms with E-state index in [2.05, 4.69) is 62.7 Å². The second-order valence-electron chi connectivity index (χ2n) is 8.00. The fourth-order valence-electron chi connectivity index (χ4n) is 3.52. The molecular formula is C20H31BrO. The Hall–Kier alpha value is -0.500. The second kappa shape index (κ2) is 6.95. The highest BCUT2D eigenvalue weighted by molar-refractivity contribution is 9.10. The van der Waals surface area contributed by atoms with Crippen molar-refractivity contribution in [2.45, 2.75) is 84.0 Å². The van der Waals surface area contributed by atoms with Gasteiger partial charge in [0, 0.05) is 10.0 Å². The first-order valence-corrected chi connectivity index (χ1v) is 9.54. The minimum absolute atomic E-state index is 0.199. The maximum absolute atomic E-state index is 6.23. The van der Waals surface area contributed by atoms with Crippen molar-refractivity contribution in [3.8, 4) is 5.75 Å². The van der Waals surface area contributed by atoms with Crippen molar-refractivity contribution >= 4 is 15.9 Å². The number of benzene rings is 1. The summed E-state index contributed by atoms with van der Waals surface area (Å²) in [5.41, 5.74) is 3.32. The zero-order valence-corrected chi connectivity index (χ0v) is 16.5. The lowest BCUT2D eigenvalue weighted by Crippen LogP contribution is -2.34. The molecule has 0 unspecified atom stereocenters. The van der Waals surface area contributed by atoms with Gasteiger partial charge in [-0.25, -0.2) is 0 Å². The molecule has 0 heterocycles. The van der Waals surface area contributed by atoms with Crippen molar-refractivity contribution < 1.29 is 4.74 Å². The molecule has 124 valence electrons. The molecule has 0 N–H and O–H groups in total. The summed E-state index contributed by atoms with van der Waals surface area (Å²) in [6, 6.07) is 4.47. The van der Waals surface area contributed by atoms with E-state index in [4.69, 9.17) is 4.74 Å². The Morgan fingerprint density at radius 1 is 1.00 bits per heavy atom. The quantitative estimate of drug-likeness (QED) is 0.505. The number of halogens is 1. The van der Waals surface area contributed by atoms with Crippen LogP contribution in [0.25, 0.3) is 0 Å². The predicted octanol–water partition coefficient (Wildman–Crippen LogP) is 6.76. The van der Waals surface area contributed by atoms with E-state index < -0.39 is 0 Å². The average Bonchev–Trinajstić information content (AvgIpc) is 2.43. The van der Waals surface area contributed by atoms with Gasteiger partial charge in [0.1, 0.15) is 5.75 Å². The highest BCUT2D eigenvalue weighted by Crippen LogP contribution is 2.50. The Morgan fingerprint density at radius 2 is 1.68 bits per heavy atom. The van der Waals surface area contributed by atoms with E-state index in [0.717, 1.165) is 23.2 Å². The maximum Gasteiger partial charge on any atom is 0.124 e. The number of unbranched alkanes of at least 4 members (excludes halogenated alkanes) is 3. The zero-order chi connectivity index (χ0) is 16.4. The van der Waals surface area contributed by atoms with Crippen molar-refractivity contribution in [1.29, 1.82) is 0 Å². The van der Waals surface area contributed by atoms with Crippen LogP contribution in [0.1, 0.15) is 84.3 Å². The molecule has 0 atom stereocenters. The zero-order valence-electron chi connectivity index (χ0n) is 14.9. The fraction of sp³-hybridized carbons (Fsp3) is 0.700. The fourth-order valence-corrected chi connectivity index (χ4v) is 3.96. The Balaban J connectivity index is 2.28. The SMILES string of the molecule is CCCCCCOc1cc(Br)cc2c1C(C)(C)CCC2(C)C. The average molecular weight is 367 g/mol. The van der Waals surface area contributed by atoms with Gasteiger partial charge in [0.15, 0.2) is 0 Å². The van der Waals surface area contributed by atoms with Crippen molar-refractivity contribution in [1.82, 2.24) is 0 Å². The van der Waals surface area contributed by atoms with Gasteiger partial charge in [0.05, 0.1) is 6.61 Å². The van der Waals surface area contributed by atoms with Crippen LogP contribution in [-0.4, -0.2) is 6.61 Å². The Morgan fingerprint density at radius 3 is 2.36 bits per heavy atom. The molecule has 0 aromatic heterocycles. The van der Waals surface area contributed by atoms with Crippen LogP contribution in [0.4, 0.5) is 0 Å². The van der Waals surface area contributed by atoms with E-state index in [0.29, 0.717) is 0 Å². The molecule has 0 saturated carbocycles. The molecule has 0 saturated heterocycles. The van der Waals surface area contributed by atoms with Crippen LogP contribution in [0.15, 0.2) is 16.6 Å². The summed E-state index contributed by atoms with van der Waals surface area (Å²) in [4.78, 5) is 0. The summed E-state index contributed by atoms with van der Waals surface area (Å²) in [6.07, 6.45) is 7.45. The van der Waals surface area contributed by atoms with Gasteiger partial charge < -0.3 is 4.74 Å². The first kappa shape index (κ1) is 17.8. The third-order valence-electron chi connectivity index (χ3n) is 5.10. The van der Waals surface area contributed by atoms with Gasteiger partial charge in [-0.2, -0.15) is 0 Å². The molecule has 0 radical (unpaired) electrons. The molecule has 0 aliphatic heterocycles. The van der Waals surface area contributed by atoms with E-state index in [1.54, 1.807) is 0 Å². The highest BCUT2D eigenvalue weighted by Gasteiger charge is 2.39. The van der Waals surface area contributed by atoms with Gasteiger partial charge in [-0.05, 0) is 47.8 Å².